The number of nitrogens with two attached hydrogens (primary N) is 1. The summed E-state index contributed by atoms with van der Waals surface area (Å²) in [6.45, 7) is 7.41. The number of urea groups is 1. The first kappa shape index (κ1) is 26.1. The van der Waals surface area contributed by atoms with Crippen LogP contribution < -0.4 is 15.2 Å². The maximum absolute atomic E-state index is 12.9. The lowest BCUT2D eigenvalue weighted by Gasteiger charge is -2.21. The molecule has 0 aliphatic rings. The second kappa shape index (κ2) is 9.77. The Morgan fingerprint density at radius 3 is 2.19 bits per heavy atom. The van der Waals surface area contributed by atoms with Crippen LogP contribution >= 0.6 is 11.3 Å². The van der Waals surface area contributed by atoms with Crippen LogP contribution in [0.5, 0.6) is 5.75 Å². The van der Waals surface area contributed by atoms with E-state index in [1.807, 2.05) is 27.7 Å². The highest BCUT2D eigenvalue weighted by atomic mass is 32.2. The van der Waals surface area contributed by atoms with Gasteiger partial charge in [0.15, 0.2) is 9.92 Å². The van der Waals surface area contributed by atoms with Crippen molar-refractivity contribution in [3.05, 3.63) is 34.3 Å². The fourth-order valence-corrected chi connectivity index (χ4v) is 4.93. The molecule has 32 heavy (non-hydrogen) atoms. The summed E-state index contributed by atoms with van der Waals surface area (Å²) in [4.78, 5) is 17.0. The highest BCUT2D eigenvalue weighted by molar-refractivity contribution is 7.93. The summed E-state index contributed by atoms with van der Waals surface area (Å²) in [7, 11) is -3.67. The third kappa shape index (κ3) is 6.44. The molecule has 2 aromatic rings. The van der Waals surface area contributed by atoms with Crippen LogP contribution in [0.15, 0.2) is 27.0 Å². The van der Waals surface area contributed by atoms with E-state index in [9.17, 15) is 22.9 Å². The zero-order valence-electron chi connectivity index (χ0n) is 18.7. The van der Waals surface area contributed by atoms with E-state index >= 15 is 0 Å². The number of aromatic nitrogens is 1. The Labute approximate surface area is 190 Å². The van der Waals surface area contributed by atoms with Crippen LogP contribution in [0.1, 0.15) is 69.4 Å². The van der Waals surface area contributed by atoms with Gasteiger partial charge < -0.3 is 15.2 Å². The molecule has 0 unspecified atom stereocenters. The number of hydrogen-bond acceptors (Lipinski definition) is 6. The van der Waals surface area contributed by atoms with Gasteiger partial charge in [0, 0.05) is 11.9 Å². The van der Waals surface area contributed by atoms with Crippen molar-refractivity contribution in [2.75, 3.05) is 5.32 Å². The molecule has 178 valence electrons. The molecule has 1 atom stereocenters. The largest absolute Gasteiger partial charge is 0.435 e. The van der Waals surface area contributed by atoms with Gasteiger partial charge in [-0.15, -0.1) is 15.7 Å². The number of amides is 2. The average Bonchev–Trinajstić information content (AvgIpc) is 3.12. The lowest BCUT2D eigenvalue weighted by Crippen LogP contribution is -2.19. The summed E-state index contributed by atoms with van der Waals surface area (Å²) in [5.74, 6) is -0.328. The fourth-order valence-electron chi connectivity index (χ4n) is 2.85. The van der Waals surface area contributed by atoms with Crippen LogP contribution in [-0.2, 0) is 15.5 Å². The maximum Gasteiger partial charge on any atom is 0.387 e. The fraction of sp³-hybridized carbons (Fsp3) is 0.500. The first-order valence-electron chi connectivity index (χ1n) is 9.79. The SMILES string of the molecule is CC(C)c1cc(OC(F)F)cc(C(C)C)c1NC(=O)N=[S@](N)(=O)c1ncc(C(C)(C)O)s1. The van der Waals surface area contributed by atoms with Crippen molar-refractivity contribution >= 4 is 33.0 Å². The number of nitrogens with zero attached hydrogens (tertiary/aromatic N) is 2. The highest BCUT2D eigenvalue weighted by Crippen LogP contribution is 2.37. The zero-order chi connectivity index (χ0) is 24.4. The summed E-state index contributed by atoms with van der Waals surface area (Å²) < 4.78 is 46.4. The lowest BCUT2D eigenvalue weighted by molar-refractivity contribution is -0.0499. The van der Waals surface area contributed by atoms with Crippen LogP contribution in [0, 0.1) is 0 Å². The molecule has 0 bridgehead atoms. The monoisotopic (exact) mass is 490 g/mol. The van der Waals surface area contributed by atoms with Crippen molar-refractivity contribution in [2.24, 2.45) is 9.50 Å². The van der Waals surface area contributed by atoms with E-state index in [1.54, 1.807) is 0 Å². The normalized spacial score (nSPS) is 14.0. The van der Waals surface area contributed by atoms with Crippen molar-refractivity contribution in [1.82, 2.24) is 4.98 Å². The summed E-state index contributed by atoms with van der Waals surface area (Å²) in [6.07, 6.45) is 1.33. The number of carbonyl (C=O) groups is 1. The summed E-state index contributed by atoms with van der Waals surface area (Å²) in [5, 5.41) is 18.4. The number of hydrogen-bond donors (Lipinski definition) is 3. The van der Waals surface area contributed by atoms with E-state index in [-0.39, 0.29) is 21.9 Å². The molecule has 12 heteroatoms. The molecular formula is C20H28F2N4O4S2. The van der Waals surface area contributed by atoms with Gasteiger partial charge in [-0.05, 0) is 48.9 Å². The second-order valence-electron chi connectivity index (χ2n) is 8.30. The Kier molecular flexibility index (Phi) is 7.97. The number of benzene rings is 1. The van der Waals surface area contributed by atoms with Crippen molar-refractivity contribution < 1.29 is 27.6 Å². The van der Waals surface area contributed by atoms with Crippen molar-refractivity contribution in [2.45, 2.75) is 69.9 Å². The van der Waals surface area contributed by atoms with Crippen LogP contribution in [0.25, 0.3) is 0 Å². The smallest absolute Gasteiger partial charge is 0.387 e. The molecule has 1 heterocycles. The molecule has 2 rings (SSSR count). The first-order valence-corrected chi connectivity index (χ1v) is 12.2. The van der Waals surface area contributed by atoms with Gasteiger partial charge in [0.25, 0.3) is 0 Å². The minimum atomic E-state index is -3.67. The highest BCUT2D eigenvalue weighted by Gasteiger charge is 2.24. The molecular weight excluding hydrogens is 462 g/mol. The van der Waals surface area contributed by atoms with Crippen molar-refractivity contribution in [3.8, 4) is 5.75 Å². The van der Waals surface area contributed by atoms with Gasteiger partial charge in [-0.3, -0.25) is 0 Å². The topological polar surface area (TPSA) is 127 Å². The van der Waals surface area contributed by atoms with E-state index in [0.29, 0.717) is 21.7 Å². The Balaban J connectivity index is 2.47. The molecule has 0 saturated heterocycles. The Morgan fingerprint density at radius 2 is 1.78 bits per heavy atom. The number of ether oxygens (including phenoxy) is 1. The Morgan fingerprint density at radius 1 is 1.25 bits per heavy atom. The molecule has 2 amide bonds. The minimum absolute atomic E-state index is 0.0214. The first-order chi connectivity index (χ1) is 14.6. The van der Waals surface area contributed by atoms with Gasteiger partial charge in [-0.1, -0.05) is 27.7 Å². The van der Waals surface area contributed by atoms with Gasteiger partial charge in [-0.25, -0.2) is 19.1 Å². The quantitative estimate of drug-likeness (QED) is 0.495. The average molecular weight is 491 g/mol. The number of halogens is 2. The molecule has 1 aromatic heterocycles. The van der Waals surface area contributed by atoms with Crippen LogP contribution in [0.2, 0.25) is 0 Å². The Bertz CT molecular complexity index is 1070. The standard InChI is InChI=1S/C20H28F2N4O4S2/c1-10(2)13-7-12(30-17(21)22)8-14(11(3)4)16(13)25-18(27)26-32(23,29)19-24-9-15(31-19)20(5,6)28/h7-11,17,28H,1-6H3,(H3,23,25,26,27,29)/t32-/m0/s1. The molecule has 0 aliphatic carbocycles. The number of carbonyl (C=O) groups excluding carboxylic acids is 1. The Hall–Kier alpha value is -2.15. The third-order valence-electron chi connectivity index (χ3n) is 4.43. The number of anilines is 1. The molecule has 0 aliphatic heterocycles. The van der Waals surface area contributed by atoms with Gasteiger partial charge in [0.05, 0.1) is 10.5 Å². The molecule has 0 spiro atoms. The second-order valence-corrected chi connectivity index (χ2v) is 11.3. The van der Waals surface area contributed by atoms with Crippen LogP contribution in [-0.4, -0.2) is 26.9 Å². The summed E-state index contributed by atoms with van der Waals surface area (Å²) in [6, 6.07) is 1.88. The van der Waals surface area contributed by atoms with E-state index in [0.717, 1.165) is 11.3 Å². The van der Waals surface area contributed by atoms with Gasteiger partial charge in [0.1, 0.15) is 5.75 Å². The third-order valence-corrected chi connectivity index (χ3v) is 7.54. The predicted molar refractivity (Wildman–Crippen MR) is 121 cm³/mol. The minimum Gasteiger partial charge on any atom is -0.435 e. The van der Waals surface area contributed by atoms with Crippen molar-refractivity contribution in [1.29, 1.82) is 0 Å². The molecule has 4 N–H and O–H groups in total. The van der Waals surface area contributed by atoms with E-state index < -0.39 is 28.2 Å². The summed E-state index contributed by atoms with van der Waals surface area (Å²) >= 11 is 0.896. The number of alkyl halides is 2. The van der Waals surface area contributed by atoms with Gasteiger partial charge >= 0.3 is 12.6 Å². The van der Waals surface area contributed by atoms with Crippen molar-refractivity contribution in [3.63, 3.8) is 0 Å². The van der Waals surface area contributed by atoms with E-state index in [4.69, 9.17) is 5.14 Å². The molecule has 1 aromatic carbocycles. The molecule has 0 saturated carbocycles. The maximum atomic E-state index is 12.9. The number of rotatable bonds is 7. The predicted octanol–water partition coefficient (Wildman–Crippen LogP) is 5.15. The number of nitrogens with one attached hydrogen (secondary N) is 1. The number of aliphatic hydroxyl groups is 1. The molecule has 8 nitrogen and oxygen atoms in total. The zero-order valence-corrected chi connectivity index (χ0v) is 20.3. The van der Waals surface area contributed by atoms with Crippen LogP contribution in [0.3, 0.4) is 0 Å². The van der Waals surface area contributed by atoms with Gasteiger partial charge in [0.2, 0.25) is 4.34 Å². The van der Waals surface area contributed by atoms with Gasteiger partial charge in [-0.2, -0.15) is 8.78 Å². The van der Waals surface area contributed by atoms with E-state index in [2.05, 4.69) is 19.4 Å². The molecule has 0 radical (unpaired) electrons. The molecule has 0 fully saturated rings. The lowest BCUT2D eigenvalue weighted by atomic mass is 9.92. The van der Waals surface area contributed by atoms with E-state index in [1.165, 1.54) is 32.2 Å². The number of thiazole rings is 1. The van der Waals surface area contributed by atoms with Crippen LogP contribution in [0.4, 0.5) is 19.3 Å². The summed E-state index contributed by atoms with van der Waals surface area (Å²) in [5.41, 5.74) is 0.264.